The van der Waals surface area contributed by atoms with Gasteiger partial charge in [-0.05, 0) is 97.1 Å². The minimum absolute atomic E-state index is 0.0169. The Morgan fingerprint density at radius 2 is 1.80 bits per heavy atom. The third-order valence-electron chi connectivity index (χ3n) is 14.5. The quantitative estimate of drug-likeness (QED) is 0.0852. The number of nitrogens with zero attached hydrogens (tertiary/aromatic N) is 5. The Kier molecular flexibility index (Phi) is 12.5. The first kappa shape index (κ1) is 43.9. The van der Waals surface area contributed by atoms with Gasteiger partial charge in [-0.3, -0.25) is 24.8 Å². The predicted molar refractivity (Wildman–Crippen MR) is 245 cm³/mol. The minimum Gasteiger partial charge on any atom is -0.455 e. The van der Waals surface area contributed by atoms with Crippen molar-refractivity contribution in [1.29, 1.82) is 0 Å². The molecule has 14 nitrogen and oxygen atoms in total. The second-order valence-corrected chi connectivity index (χ2v) is 20.7. The summed E-state index contributed by atoms with van der Waals surface area (Å²) >= 11 is 0. The number of sulfonamides is 1. The Morgan fingerprint density at radius 3 is 2.56 bits per heavy atom. The van der Waals surface area contributed by atoms with Gasteiger partial charge in [-0.15, -0.1) is 0 Å². The number of hydrogen-bond donors (Lipinski definition) is 2. The molecule has 5 heterocycles. The smallest absolute Gasteiger partial charge is 0.292 e. The van der Waals surface area contributed by atoms with E-state index in [0.717, 1.165) is 107 Å². The number of aromatic amines is 1. The summed E-state index contributed by atoms with van der Waals surface area (Å²) in [6.45, 7) is 10.8. The summed E-state index contributed by atoms with van der Waals surface area (Å²) in [5.74, 6) is 1.17. The lowest BCUT2D eigenvalue weighted by Gasteiger charge is -2.57. The molecule has 3 aromatic heterocycles. The molecule has 5 aromatic rings. The molecule has 64 heavy (non-hydrogen) atoms. The monoisotopic (exact) mass is 889 g/mol. The van der Waals surface area contributed by atoms with E-state index in [-0.39, 0.29) is 34.2 Å². The molecular formula is C49H59N7O7S. The molecule has 0 unspecified atom stereocenters. The maximum Gasteiger partial charge on any atom is 0.292 e. The van der Waals surface area contributed by atoms with Crippen molar-refractivity contribution in [3.05, 3.63) is 112 Å². The third-order valence-corrected chi connectivity index (χ3v) is 15.8. The van der Waals surface area contributed by atoms with E-state index in [2.05, 4.69) is 74.5 Å². The van der Waals surface area contributed by atoms with Crippen LogP contribution in [0.25, 0.3) is 11.0 Å². The van der Waals surface area contributed by atoms with Gasteiger partial charge in [-0.2, -0.15) is 0 Å². The fraction of sp³-hybridized carbons (Fsp3) is 0.490. The number of nitrogens with one attached hydrogen (secondary N) is 2. The van der Waals surface area contributed by atoms with Crippen LogP contribution in [0.2, 0.25) is 0 Å². The highest BCUT2D eigenvalue weighted by molar-refractivity contribution is 7.90. The molecule has 2 N–H and O–H groups in total. The number of aryl methyl sites for hydroxylation is 1. The summed E-state index contributed by atoms with van der Waals surface area (Å²) in [5.41, 5.74) is 4.42. The summed E-state index contributed by atoms with van der Waals surface area (Å²) in [6, 6.07) is 19.4. The lowest BCUT2D eigenvalue weighted by molar-refractivity contribution is -0.386. The molecule has 4 aliphatic rings. The molecule has 2 aliphatic carbocycles. The van der Waals surface area contributed by atoms with Gasteiger partial charge in [0.15, 0.2) is 0 Å². The topological polar surface area (TPSA) is 173 Å². The zero-order chi connectivity index (χ0) is 44.6. The minimum atomic E-state index is -4.57. The van der Waals surface area contributed by atoms with E-state index < -0.39 is 25.7 Å². The van der Waals surface area contributed by atoms with E-state index in [4.69, 9.17) is 9.47 Å². The predicted octanol–water partition coefficient (Wildman–Crippen LogP) is 9.48. The second-order valence-electron chi connectivity index (χ2n) is 19.0. The van der Waals surface area contributed by atoms with E-state index in [9.17, 15) is 23.3 Å². The number of hydrogen-bond acceptors (Lipinski definition) is 11. The molecule has 2 saturated carbocycles. The van der Waals surface area contributed by atoms with Crippen molar-refractivity contribution in [2.45, 2.75) is 108 Å². The zero-order valence-corrected chi connectivity index (χ0v) is 37.8. The van der Waals surface area contributed by atoms with Gasteiger partial charge < -0.3 is 19.4 Å². The molecule has 1 atom stereocenters. The maximum atomic E-state index is 14.0. The van der Waals surface area contributed by atoms with Crippen molar-refractivity contribution in [1.82, 2.24) is 24.6 Å². The van der Waals surface area contributed by atoms with Crippen LogP contribution in [-0.2, 0) is 21.2 Å². The molecule has 2 aromatic carbocycles. The molecule has 1 amide bonds. The number of morpholine rings is 1. The highest BCUT2D eigenvalue weighted by Gasteiger charge is 2.49. The van der Waals surface area contributed by atoms with Gasteiger partial charge in [-0.25, -0.2) is 18.1 Å². The number of benzene rings is 2. The fourth-order valence-electron chi connectivity index (χ4n) is 10.7. The van der Waals surface area contributed by atoms with Crippen molar-refractivity contribution < 1.29 is 27.6 Å². The average Bonchev–Trinajstić information content (AvgIpc) is 3.76. The third kappa shape index (κ3) is 9.25. The van der Waals surface area contributed by atoms with Crippen molar-refractivity contribution >= 4 is 38.3 Å². The number of piperidine rings is 1. The number of amides is 1. The molecule has 0 bridgehead atoms. The molecule has 9 rings (SSSR count). The molecule has 2 saturated heterocycles. The number of fused-ring (bicyclic) bond motifs is 1. The van der Waals surface area contributed by atoms with Crippen LogP contribution in [0.4, 0.5) is 11.4 Å². The number of rotatable bonds is 13. The largest absolute Gasteiger partial charge is 0.455 e. The van der Waals surface area contributed by atoms with E-state index in [1.165, 1.54) is 11.1 Å². The first-order chi connectivity index (χ1) is 30.8. The number of pyridine rings is 2. The van der Waals surface area contributed by atoms with Crippen LogP contribution in [0.3, 0.4) is 0 Å². The Bertz CT molecular complexity index is 2610. The van der Waals surface area contributed by atoms with Gasteiger partial charge in [0.2, 0.25) is 0 Å². The van der Waals surface area contributed by atoms with Crippen molar-refractivity contribution in [3.63, 3.8) is 0 Å². The molecular weight excluding hydrogens is 831 g/mol. The Labute approximate surface area is 375 Å². The summed E-state index contributed by atoms with van der Waals surface area (Å²) in [7, 11) is -4.57. The Morgan fingerprint density at radius 1 is 1.02 bits per heavy atom. The summed E-state index contributed by atoms with van der Waals surface area (Å²) < 4.78 is 42.0. The Balaban J connectivity index is 0.901. The van der Waals surface area contributed by atoms with Crippen LogP contribution >= 0.6 is 0 Å². The normalized spacial score (nSPS) is 21.8. The highest BCUT2D eigenvalue weighted by Crippen LogP contribution is 2.53. The number of nitro groups is 1. The molecule has 1 spiro atoms. The van der Waals surface area contributed by atoms with Crippen LogP contribution < -0.4 is 14.4 Å². The van der Waals surface area contributed by atoms with E-state index in [1.807, 2.05) is 12.1 Å². The number of carbonyl (C=O) groups is 1. The van der Waals surface area contributed by atoms with Gasteiger partial charge in [0.05, 0.1) is 35.9 Å². The van der Waals surface area contributed by atoms with Crippen LogP contribution in [0, 0.1) is 27.4 Å². The second kappa shape index (κ2) is 18.2. The lowest BCUT2D eigenvalue weighted by Crippen LogP contribution is -2.58. The van der Waals surface area contributed by atoms with E-state index >= 15 is 0 Å². The average molecular weight is 890 g/mol. The molecule has 0 radical (unpaired) electrons. The summed E-state index contributed by atoms with van der Waals surface area (Å²) in [4.78, 5) is 41.8. The first-order valence-corrected chi connectivity index (χ1v) is 24.5. The van der Waals surface area contributed by atoms with Crippen LogP contribution in [-0.4, -0.2) is 78.0 Å². The number of H-pyrrole nitrogens is 1. The highest BCUT2D eigenvalue weighted by atomic mass is 32.2. The van der Waals surface area contributed by atoms with Crippen molar-refractivity contribution in [2.75, 3.05) is 37.7 Å². The number of aromatic nitrogens is 3. The number of ether oxygens (including phenoxy) is 2. The van der Waals surface area contributed by atoms with Gasteiger partial charge >= 0.3 is 0 Å². The standard InChI is InChI=1S/C49H59N7O7S/c1-32(2)40-6-4-5-7-41(40)45-31-62-23-22-55(45)37-27-49(28-37)17-20-54(21-18-49)36-13-14-42(46(25-36)63-38-24-35-16-19-50-47(35)52-29-38)48(57)53-64(60,61)39-26-44(56(58)59)43(51-30-39)15-12-34-10-8-33(3)9-11-34/h4-7,13-14,16,19,24-26,29-30,32-34,37,45H,8-12,15,17-18,20-23,27-28,31H2,1-3H3,(H,50,52)(H,53,57)/t33?,34?,45-/m0/s1. The van der Waals surface area contributed by atoms with Crippen molar-refractivity contribution in [2.24, 2.45) is 17.3 Å². The summed E-state index contributed by atoms with van der Waals surface area (Å²) in [5, 5.41) is 13.0. The van der Waals surface area contributed by atoms with Gasteiger partial charge in [0, 0.05) is 61.3 Å². The van der Waals surface area contributed by atoms with E-state index in [0.29, 0.717) is 48.2 Å². The molecule has 338 valence electrons. The van der Waals surface area contributed by atoms with E-state index in [1.54, 1.807) is 30.6 Å². The molecule has 4 fully saturated rings. The summed E-state index contributed by atoms with van der Waals surface area (Å²) in [6.07, 6.45) is 14.3. The Hall–Kier alpha value is -5.38. The molecule has 15 heteroatoms. The maximum absolute atomic E-state index is 14.0. The number of anilines is 1. The SMILES string of the molecule is CC1CCC(CCc2ncc(S(=O)(=O)NC(=O)c3ccc(N4CCC5(CC4)CC(N4CCOC[C@H]4c4ccccc4C(C)C)C5)cc3Oc3cnc4[nH]ccc4c3)cc2[N+](=O)[O-])CC1. The van der Waals surface area contributed by atoms with Gasteiger partial charge in [0.1, 0.15) is 27.7 Å². The van der Waals surface area contributed by atoms with Crippen LogP contribution in [0.15, 0.2) is 84.1 Å². The fourth-order valence-corrected chi connectivity index (χ4v) is 11.7. The number of carbonyl (C=O) groups excluding carboxylic acids is 1. The van der Waals surface area contributed by atoms with Crippen LogP contribution in [0.1, 0.15) is 118 Å². The molecule has 2 aliphatic heterocycles. The van der Waals surface area contributed by atoms with Gasteiger partial charge in [-0.1, -0.05) is 70.7 Å². The lowest BCUT2D eigenvalue weighted by atomic mass is 9.59. The van der Waals surface area contributed by atoms with Gasteiger partial charge in [0.25, 0.3) is 21.6 Å². The van der Waals surface area contributed by atoms with Crippen molar-refractivity contribution in [3.8, 4) is 11.5 Å². The van der Waals surface area contributed by atoms with Crippen LogP contribution in [0.5, 0.6) is 11.5 Å². The first-order valence-electron chi connectivity index (χ1n) is 23.0. The zero-order valence-electron chi connectivity index (χ0n) is 37.0.